The SMILES string of the molecule is CCC(N)(CC)C(=O)NCC1(C2CC2)CC1. The fraction of sp³-hybridized carbons (Fsp3) is 0.923. The predicted molar refractivity (Wildman–Crippen MR) is 64.9 cm³/mol. The van der Waals surface area contributed by atoms with Crippen LogP contribution in [0.15, 0.2) is 0 Å². The molecule has 0 saturated heterocycles. The Morgan fingerprint density at radius 2 is 1.94 bits per heavy atom. The minimum absolute atomic E-state index is 0.0458. The highest BCUT2D eigenvalue weighted by molar-refractivity contribution is 5.85. The molecule has 3 nitrogen and oxygen atoms in total. The molecular formula is C13H24N2O. The Morgan fingerprint density at radius 1 is 1.38 bits per heavy atom. The Bertz CT molecular complexity index is 276. The van der Waals surface area contributed by atoms with E-state index in [0.29, 0.717) is 18.3 Å². The molecule has 0 spiro atoms. The van der Waals surface area contributed by atoms with Gasteiger partial charge in [0.05, 0.1) is 5.54 Å². The molecule has 0 atom stereocenters. The summed E-state index contributed by atoms with van der Waals surface area (Å²) >= 11 is 0. The molecule has 2 rings (SSSR count). The van der Waals surface area contributed by atoms with Gasteiger partial charge in [-0.25, -0.2) is 0 Å². The zero-order chi connectivity index (χ0) is 11.8. The van der Waals surface area contributed by atoms with E-state index in [9.17, 15) is 4.79 Å². The molecule has 16 heavy (non-hydrogen) atoms. The molecule has 0 radical (unpaired) electrons. The third-order valence-electron chi connectivity index (χ3n) is 4.65. The molecule has 92 valence electrons. The molecule has 2 aliphatic rings. The Balaban J connectivity index is 1.83. The molecule has 3 N–H and O–H groups in total. The minimum Gasteiger partial charge on any atom is -0.354 e. The molecule has 0 aromatic carbocycles. The van der Waals surface area contributed by atoms with Crippen LogP contribution < -0.4 is 11.1 Å². The fourth-order valence-electron chi connectivity index (χ4n) is 2.59. The average molecular weight is 224 g/mol. The quantitative estimate of drug-likeness (QED) is 0.723. The second-order valence-corrected chi connectivity index (χ2v) is 5.68. The molecule has 1 amide bonds. The molecule has 2 aliphatic carbocycles. The highest BCUT2D eigenvalue weighted by atomic mass is 16.2. The van der Waals surface area contributed by atoms with Crippen molar-refractivity contribution >= 4 is 5.91 Å². The summed E-state index contributed by atoms with van der Waals surface area (Å²) < 4.78 is 0. The highest BCUT2D eigenvalue weighted by Gasteiger charge is 2.53. The van der Waals surface area contributed by atoms with Crippen molar-refractivity contribution in [3.05, 3.63) is 0 Å². The van der Waals surface area contributed by atoms with Crippen LogP contribution in [0.2, 0.25) is 0 Å². The van der Waals surface area contributed by atoms with E-state index in [1.165, 1.54) is 25.7 Å². The van der Waals surface area contributed by atoms with Crippen LogP contribution in [-0.4, -0.2) is 18.0 Å². The number of hydrogen-bond acceptors (Lipinski definition) is 2. The van der Waals surface area contributed by atoms with E-state index in [-0.39, 0.29) is 5.91 Å². The van der Waals surface area contributed by atoms with E-state index >= 15 is 0 Å². The summed E-state index contributed by atoms with van der Waals surface area (Å²) in [5.74, 6) is 0.938. The van der Waals surface area contributed by atoms with Crippen LogP contribution >= 0.6 is 0 Å². The molecule has 2 fully saturated rings. The van der Waals surface area contributed by atoms with Gasteiger partial charge in [-0.05, 0) is 49.9 Å². The van der Waals surface area contributed by atoms with Crippen LogP contribution in [0.4, 0.5) is 0 Å². The molecule has 0 bridgehead atoms. The van der Waals surface area contributed by atoms with Crippen LogP contribution in [0, 0.1) is 11.3 Å². The first-order chi connectivity index (χ1) is 7.56. The minimum atomic E-state index is -0.653. The summed E-state index contributed by atoms with van der Waals surface area (Å²) in [6.07, 6.45) is 6.76. The molecular weight excluding hydrogens is 200 g/mol. The van der Waals surface area contributed by atoms with E-state index in [1.54, 1.807) is 0 Å². The van der Waals surface area contributed by atoms with Gasteiger partial charge in [-0.3, -0.25) is 4.79 Å². The molecule has 0 aromatic rings. The summed E-state index contributed by atoms with van der Waals surface area (Å²) in [6, 6.07) is 0. The standard InChI is InChI=1S/C13H24N2O/c1-3-13(14,4-2)11(16)15-9-12(7-8-12)10-5-6-10/h10H,3-9,14H2,1-2H3,(H,15,16). The van der Waals surface area contributed by atoms with Crippen LogP contribution in [0.5, 0.6) is 0 Å². The Hall–Kier alpha value is -0.570. The zero-order valence-corrected chi connectivity index (χ0v) is 10.5. The first-order valence-corrected chi connectivity index (χ1v) is 6.63. The number of amides is 1. The maximum absolute atomic E-state index is 12.0. The monoisotopic (exact) mass is 224 g/mol. The Morgan fingerprint density at radius 3 is 2.31 bits per heavy atom. The normalized spacial score (nSPS) is 22.9. The summed E-state index contributed by atoms with van der Waals surface area (Å²) in [4.78, 5) is 12.0. The molecule has 0 aromatic heterocycles. The van der Waals surface area contributed by atoms with E-state index in [1.807, 2.05) is 13.8 Å². The summed E-state index contributed by atoms with van der Waals surface area (Å²) in [6.45, 7) is 4.82. The van der Waals surface area contributed by atoms with Gasteiger partial charge in [-0.15, -0.1) is 0 Å². The van der Waals surface area contributed by atoms with Crippen molar-refractivity contribution in [1.29, 1.82) is 0 Å². The van der Waals surface area contributed by atoms with Gasteiger partial charge in [0, 0.05) is 6.54 Å². The maximum atomic E-state index is 12.0. The van der Waals surface area contributed by atoms with E-state index in [2.05, 4.69) is 5.32 Å². The number of hydrogen-bond donors (Lipinski definition) is 2. The maximum Gasteiger partial charge on any atom is 0.240 e. The van der Waals surface area contributed by atoms with Crippen LogP contribution in [0.3, 0.4) is 0 Å². The second kappa shape index (κ2) is 4.02. The van der Waals surface area contributed by atoms with Gasteiger partial charge in [-0.1, -0.05) is 13.8 Å². The van der Waals surface area contributed by atoms with Gasteiger partial charge in [-0.2, -0.15) is 0 Å². The topological polar surface area (TPSA) is 55.1 Å². The first kappa shape index (κ1) is 11.9. The van der Waals surface area contributed by atoms with Crippen molar-refractivity contribution < 1.29 is 4.79 Å². The van der Waals surface area contributed by atoms with Crippen molar-refractivity contribution in [3.63, 3.8) is 0 Å². The highest BCUT2D eigenvalue weighted by Crippen LogP contribution is 2.60. The lowest BCUT2D eigenvalue weighted by atomic mass is 9.92. The van der Waals surface area contributed by atoms with Gasteiger partial charge < -0.3 is 11.1 Å². The van der Waals surface area contributed by atoms with Crippen LogP contribution in [-0.2, 0) is 4.79 Å². The predicted octanol–water partition coefficient (Wildman–Crippen LogP) is 1.81. The van der Waals surface area contributed by atoms with Gasteiger partial charge in [0.25, 0.3) is 0 Å². The lowest BCUT2D eigenvalue weighted by molar-refractivity contribution is -0.126. The summed E-state index contributed by atoms with van der Waals surface area (Å²) in [7, 11) is 0. The molecule has 0 unspecified atom stereocenters. The Labute approximate surface area is 98.2 Å². The van der Waals surface area contributed by atoms with Gasteiger partial charge in [0.15, 0.2) is 0 Å². The second-order valence-electron chi connectivity index (χ2n) is 5.68. The number of rotatable bonds is 6. The van der Waals surface area contributed by atoms with Crippen molar-refractivity contribution in [1.82, 2.24) is 5.32 Å². The number of nitrogens with one attached hydrogen (secondary N) is 1. The summed E-state index contributed by atoms with van der Waals surface area (Å²) in [5.41, 5.74) is 5.89. The smallest absolute Gasteiger partial charge is 0.240 e. The van der Waals surface area contributed by atoms with E-state index in [4.69, 9.17) is 5.73 Å². The van der Waals surface area contributed by atoms with Gasteiger partial charge >= 0.3 is 0 Å². The van der Waals surface area contributed by atoms with E-state index < -0.39 is 5.54 Å². The Kier molecular flexibility index (Phi) is 2.99. The molecule has 0 aliphatic heterocycles. The zero-order valence-electron chi connectivity index (χ0n) is 10.5. The van der Waals surface area contributed by atoms with Crippen molar-refractivity contribution in [2.45, 2.75) is 57.9 Å². The van der Waals surface area contributed by atoms with Crippen LogP contribution in [0.25, 0.3) is 0 Å². The molecule has 0 heterocycles. The van der Waals surface area contributed by atoms with Crippen molar-refractivity contribution in [2.24, 2.45) is 17.1 Å². The van der Waals surface area contributed by atoms with Gasteiger partial charge in [0.2, 0.25) is 5.91 Å². The molecule has 3 heteroatoms. The summed E-state index contributed by atoms with van der Waals surface area (Å²) in [5, 5.41) is 3.09. The van der Waals surface area contributed by atoms with Crippen molar-refractivity contribution in [3.8, 4) is 0 Å². The van der Waals surface area contributed by atoms with Gasteiger partial charge in [0.1, 0.15) is 0 Å². The lowest BCUT2D eigenvalue weighted by Gasteiger charge is -2.26. The number of carbonyl (C=O) groups excluding carboxylic acids is 1. The average Bonchev–Trinajstić information content (AvgIpc) is 3.16. The van der Waals surface area contributed by atoms with E-state index in [0.717, 1.165) is 12.5 Å². The molecule has 2 saturated carbocycles. The fourth-order valence-corrected chi connectivity index (χ4v) is 2.59. The number of carbonyl (C=O) groups is 1. The number of nitrogens with two attached hydrogens (primary N) is 1. The largest absolute Gasteiger partial charge is 0.354 e. The lowest BCUT2D eigenvalue weighted by Crippen LogP contribution is -2.54. The van der Waals surface area contributed by atoms with Crippen molar-refractivity contribution in [2.75, 3.05) is 6.54 Å². The van der Waals surface area contributed by atoms with Crippen LogP contribution in [0.1, 0.15) is 52.4 Å². The first-order valence-electron chi connectivity index (χ1n) is 6.63. The third kappa shape index (κ3) is 2.10. The third-order valence-corrected chi connectivity index (χ3v) is 4.65.